The van der Waals surface area contributed by atoms with E-state index in [1.54, 1.807) is 0 Å². The normalized spacial score (nSPS) is 20.2. The predicted molar refractivity (Wildman–Crippen MR) is 80.9 cm³/mol. The molecule has 2 aromatic rings. The third-order valence-electron chi connectivity index (χ3n) is 4.19. The Labute approximate surface area is 123 Å². The number of nitrogens with zero attached hydrogens (tertiary/aromatic N) is 4. The fourth-order valence-corrected chi connectivity index (χ4v) is 2.99. The zero-order chi connectivity index (χ0) is 14.1. The number of hydrogen-bond donors (Lipinski definition) is 0. The van der Waals surface area contributed by atoms with Crippen molar-refractivity contribution in [2.45, 2.75) is 19.3 Å². The van der Waals surface area contributed by atoms with Crippen LogP contribution in [0, 0.1) is 0 Å². The number of hydrogen-bond acceptors (Lipinski definition) is 6. The van der Waals surface area contributed by atoms with Gasteiger partial charge in [0, 0.05) is 26.2 Å². The van der Waals surface area contributed by atoms with Gasteiger partial charge in [0.05, 0.1) is 13.2 Å². The molecule has 0 aromatic carbocycles. The van der Waals surface area contributed by atoms with Crippen LogP contribution in [0.15, 0.2) is 16.5 Å². The fourth-order valence-electron chi connectivity index (χ4n) is 2.99. The van der Waals surface area contributed by atoms with Gasteiger partial charge in [-0.15, -0.1) is 0 Å². The van der Waals surface area contributed by atoms with Crippen molar-refractivity contribution in [3.8, 4) is 0 Å². The van der Waals surface area contributed by atoms with Gasteiger partial charge in [-0.25, -0.2) is 4.98 Å². The minimum Gasteiger partial charge on any atom is -0.422 e. The summed E-state index contributed by atoms with van der Waals surface area (Å²) >= 11 is 0. The van der Waals surface area contributed by atoms with Gasteiger partial charge in [0.25, 0.3) is 6.01 Å². The summed E-state index contributed by atoms with van der Waals surface area (Å²) in [5, 5.41) is 0. The zero-order valence-electron chi connectivity index (χ0n) is 12.1. The van der Waals surface area contributed by atoms with Crippen LogP contribution in [-0.2, 0) is 4.74 Å². The quantitative estimate of drug-likeness (QED) is 0.843. The highest BCUT2D eigenvalue weighted by Gasteiger charge is 2.19. The van der Waals surface area contributed by atoms with Crippen LogP contribution in [0.4, 0.5) is 11.8 Å². The van der Waals surface area contributed by atoms with Crippen LogP contribution >= 0.6 is 0 Å². The van der Waals surface area contributed by atoms with Gasteiger partial charge in [0.2, 0.25) is 5.65 Å². The molecule has 6 heteroatoms. The Morgan fingerprint density at radius 1 is 0.857 bits per heavy atom. The molecule has 0 atom stereocenters. The number of oxazole rings is 1. The monoisotopic (exact) mass is 288 g/mol. The first-order valence-electron chi connectivity index (χ1n) is 7.75. The summed E-state index contributed by atoms with van der Waals surface area (Å²) in [5.74, 6) is 1.02. The molecular formula is C15H20N4O2. The molecule has 2 aliphatic heterocycles. The highest BCUT2D eigenvalue weighted by Crippen LogP contribution is 2.25. The van der Waals surface area contributed by atoms with Gasteiger partial charge in [-0.2, -0.15) is 4.98 Å². The van der Waals surface area contributed by atoms with E-state index in [1.807, 2.05) is 12.1 Å². The maximum Gasteiger partial charge on any atom is 0.300 e. The molecule has 0 N–H and O–H groups in total. The maximum atomic E-state index is 5.83. The van der Waals surface area contributed by atoms with E-state index in [4.69, 9.17) is 9.15 Å². The standard InChI is InChI=1S/C15H20N4O2/c1-2-6-18(7-3-1)13-5-4-12-14(16-13)17-15(21-12)19-8-10-20-11-9-19/h4-5H,1-3,6-11H2. The Bertz CT molecular complexity index is 599. The number of rotatable bonds is 2. The van der Waals surface area contributed by atoms with Crippen LogP contribution in [0.2, 0.25) is 0 Å². The molecule has 0 saturated carbocycles. The SMILES string of the molecule is c1cc2oc(N3CCOCC3)nc2nc1N1CCCCC1. The Kier molecular flexibility index (Phi) is 3.39. The molecule has 2 aliphatic rings. The summed E-state index contributed by atoms with van der Waals surface area (Å²) in [6.45, 7) is 5.29. The Hall–Kier alpha value is -1.82. The molecule has 2 saturated heterocycles. The lowest BCUT2D eigenvalue weighted by Crippen LogP contribution is -2.36. The molecule has 2 aromatic heterocycles. The van der Waals surface area contributed by atoms with Crippen molar-refractivity contribution in [3.05, 3.63) is 12.1 Å². The molecule has 6 nitrogen and oxygen atoms in total. The first kappa shape index (κ1) is 12.9. The molecule has 4 rings (SSSR count). The van der Waals surface area contributed by atoms with Crippen molar-refractivity contribution >= 4 is 23.1 Å². The summed E-state index contributed by atoms with van der Waals surface area (Å²) in [5.41, 5.74) is 1.47. The van der Waals surface area contributed by atoms with Gasteiger partial charge >= 0.3 is 0 Å². The van der Waals surface area contributed by atoms with Crippen LogP contribution in [0.3, 0.4) is 0 Å². The van der Waals surface area contributed by atoms with Crippen molar-refractivity contribution in [1.82, 2.24) is 9.97 Å². The number of fused-ring (bicyclic) bond motifs is 1. The maximum absolute atomic E-state index is 5.83. The minimum atomic E-state index is 0.664. The van der Waals surface area contributed by atoms with E-state index >= 15 is 0 Å². The van der Waals surface area contributed by atoms with E-state index in [-0.39, 0.29) is 0 Å². The molecular weight excluding hydrogens is 268 g/mol. The first-order chi connectivity index (χ1) is 10.4. The van der Waals surface area contributed by atoms with Gasteiger partial charge in [0.15, 0.2) is 5.58 Å². The lowest BCUT2D eigenvalue weighted by atomic mass is 10.1. The number of piperidine rings is 1. The van der Waals surface area contributed by atoms with Gasteiger partial charge in [-0.3, -0.25) is 0 Å². The molecule has 0 spiro atoms. The highest BCUT2D eigenvalue weighted by atomic mass is 16.5. The zero-order valence-corrected chi connectivity index (χ0v) is 12.1. The smallest absolute Gasteiger partial charge is 0.300 e. The molecule has 112 valence electrons. The molecule has 0 radical (unpaired) electrons. The molecule has 0 bridgehead atoms. The second kappa shape index (κ2) is 5.52. The summed E-state index contributed by atoms with van der Waals surface area (Å²) in [6.07, 6.45) is 3.82. The van der Waals surface area contributed by atoms with E-state index in [1.165, 1.54) is 19.3 Å². The average Bonchev–Trinajstić information content (AvgIpc) is 2.99. The number of morpholine rings is 1. The predicted octanol–water partition coefficient (Wildman–Crippen LogP) is 2.05. The third-order valence-corrected chi connectivity index (χ3v) is 4.19. The first-order valence-corrected chi connectivity index (χ1v) is 7.75. The number of aromatic nitrogens is 2. The topological polar surface area (TPSA) is 54.6 Å². The van der Waals surface area contributed by atoms with E-state index in [0.717, 1.165) is 50.8 Å². The van der Waals surface area contributed by atoms with Crippen molar-refractivity contribution in [2.75, 3.05) is 49.2 Å². The van der Waals surface area contributed by atoms with E-state index in [9.17, 15) is 0 Å². The Morgan fingerprint density at radius 2 is 1.67 bits per heavy atom. The third kappa shape index (κ3) is 2.55. The van der Waals surface area contributed by atoms with Crippen LogP contribution in [0.25, 0.3) is 11.2 Å². The lowest BCUT2D eigenvalue weighted by molar-refractivity contribution is 0.120. The average molecular weight is 288 g/mol. The summed E-state index contributed by atoms with van der Waals surface area (Å²) in [6, 6.07) is 4.70. The van der Waals surface area contributed by atoms with E-state index in [2.05, 4.69) is 19.8 Å². The van der Waals surface area contributed by atoms with Crippen LogP contribution in [-0.4, -0.2) is 49.4 Å². The van der Waals surface area contributed by atoms with E-state index < -0.39 is 0 Å². The molecule has 21 heavy (non-hydrogen) atoms. The highest BCUT2D eigenvalue weighted by molar-refractivity contribution is 5.72. The van der Waals surface area contributed by atoms with Gasteiger partial charge in [0.1, 0.15) is 5.82 Å². The molecule has 0 amide bonds. The lowest BCUT2D eigenvalue weighted by Gasteiger charge is -2.27. The van der Waals surface area contributed by atoms with Crippen molar-refractivity contribution < 1.29 is 9.15 Å². The summed E-state index contributed by atoms with van der Waals surface area (Å²) in [7, 11) is 0. The molecule has 2 fully saturated rings. The molecule has 0 unspecified atom stereocenters. The fraction of sp³-hybridized carbons (Fsp3) is 0.600. The number of ether oxygens (including phenoxy) is 1. The number of anilines is 2. The summed E-state index contributed by atoms with van der Waals surface area (Å²) < 4.78 is 11.2. The largest absolute Gasteiger partial charge is 0.422 e. The Morgan fingerprint density at radius 3 is 2.48 bits per heavy atom. The van der Waals surface area contributed by atoms with Crippen molar-refractivity contribution in [1.29, 1.82) is 0 Å². The van der Waals surface area contributed by atoms with Crippen molar-refractivity contribution in [2.24, 2.45) is 0 Å². The Balaban J connectivity index is 1.61. The summed E-state index contributed by atoms with van der Waals surface area (Å²) in [4.78, 5) is 13.7. The second-order valence-corrected chi connectivity index (χ2v) is 5.63. The molecule has 0 aliphatic carbocycles. The molecule has 4 heterocycles. The van der Waals surface area contributed by atoms with Gasteiger partial charge in [-0.1, -0.05) is 0 Å². The second-order valence-electron chi connectivity index (χ2n) is 5.63. The van der Waals surface area contributed by atoms with Crippen LogP contribution < -0.4 is 9.80 Å². The van der Waals surface area contributed by atoms with Crippen LogP contribution in [0.1, 0.15) is 19.3 Å². The number of pyridine rings is 1. The minimum absolute atomic E-state index is 0.664. The van der Waals surface area contributed by atoms with Gasteiger partial charge < -0.3 is 19.0 Å². The van der Waals surface area contributed by atoms with Crippen LogP contribution in [0.5, 0.6) is 0 Å². The van der Waals surface area contributed by atoms with Crippen molar-refractivity contribution in [3.63, 3.8) is 0 Å². The van der Waals surface area contributed by atoms with E-state index in [0.29, 0.717) is 11.7 Å². The van der Waals surface area contributed by atoms with Gasteiger partial charge in [-0.05, 0) is 31.4 Å².